The summed E-state index contributed by atoms with van der Waals surface area (Å²) in [6.45, 7) is 3.84. The van der Waals surface area contributed by atoms with Crippen molar-refractivity contribution in [2.75, 3.05) is 32.4 Å². The van der Waals surface area contributed by atoms with Crippen LogP contribution in [-0.2, 0) is 10.0 Å². The zero-order chi connectivity index (χ0) is 20.7. The summed E-state index contributed by atoms with van der Waals surface area (Å²) in [6, 6.07) is 11.2. The molecule has 0 aromatic heterocycles. The molecule has 0 radical (unpaired) electrons. The Morgan fingerprint density at radius 3 is 2.31 bits per heavy atom. The summed E-state index contributed by atoms with van der Waals surface area (Å²) in [6.07, 6.45) is 6.65. The van der Waals surface area contributed by atoms with Gasteiger partial charge >= 0.3 is 0 Å². The number of benzene rings is 1. The first-order valence-electron chi connectivity index (χ1n) is 11.0. The third-order valence-electron chi connectivity index (χ3n) is 6.45. The molecule has 0 bridgehead atoms. The van der Waals surface area contributed by atoms with Gasteiger partial charge in [0.2, 0.25) is 10.0 Å². The molecular formula is C22H36N4O2S. The van der Waals surface area contributed by atoms with Gasteiger partial charge in [-0.3, -0.25) is 4.99 Å². The molecule has 0 atom stereocenters. The van der Waals surface area contributed by atoms with E-state index in [2.05, 4.69) is 46.0 Å². The Morgan fingerprint density at radius 2 is 1.72 bits per heavy atom. The first-order valence-corrected chi connectivity index (χ1v) is 12.6. The maximum absolute atomic E-state index is 12.0. The fraction of sp³-hybridized carbons (Fsp3) is 0.682. The Kier molecular flexibility index (Phi) is 7.95. The molecule has 0 unspecified atom stereocenters. The number of hydrogen-bond acceptors (Lipinski definition) is 3. The molecule has 2 fully saturated rings. The van der Waals surface area contributed by atoms with Gasteiger partial charge in [-0.2, -0.15) is 0 Å². The summed E-state index contributed by atoms with van der Waals surface area (Å²) < 4.78 is 25.6. The van der Waals surface area contributed by atoms with Crippen molar-refractivity contribution in [3.8, 4) is 0 Å². The van der Waals surface area contributed by atoms with Crippen LogP contribution in [0.4, 0.5) is 0 Å². The molecule has 6 nitrogen and oxygen atoms in total. The number of nitrogens with zero attached hydrogens (tertiary/aromatic N) is 2. The van der Waals surface area contributed by atoms with Crippen LogP contribution in [0.15, 0.2) is 35.3 Å². The lowest BCUT2D eigenvalue weighted by atomic mass is 9.79. The topological polar surface area (TPSA) is 73.8 Å². The van der Waals surface area contributed by atoms with Crippen LogP contribution in [0.25, 0.3) is 0 Å². The maximum atomic E-state index is 12.0. The second-order valence-electron chi connectivity index (χ2n) is 8.30. The third kappa shape index (κ3) is 6.19. The van der Waals surface area contributed by atoms with Crippen LogP contribution < -0.4 is 10.6 Å². The first kappa shape index (κ1) is 22.1. The lowest BCUT2D eigenvalue weighted by Gasteiger charge is -2.33. The van der Waals surface area contributed by atoms with Gasteiger partial charge in [0.05, 0.1) is 5.75 Å². The van der Waals surface area contributed by atoms with Gasteiger partial charge in [-0.15, -0.1) is 0 Å². The van der Waals surface area contributed by atoms with Gasteiger partial charge in [-0.05, 0) is 62.8 Å². The minimum atomic E-state index is -3.07. The highest BCUT2D eigenvalue weighted by Gasteiger charge is 2.27. The van der Waals surface area contributed by atoms with Crippen molar-refractivity contribution in [2.24, 2.45) is 10.9 Å². The lowest BCUT2D eigenvalue weighted by molar-refractivity contribution is 0.303. The monoisotopic (exact) mass is 420 g/mol. The summed E-state index contributed by atoms with van der Waals surface area (Å²) in [5.74, 6) is 2.41. The molecule has 1 saturated heterocycles. The Morgan fingerprint density at radius 1 is 1.07 bits per heavy atom. The van der Waals surface area contributed by atoms with Gasteiger partial charge in [0.1, 0.15) is 0 Å². The average Bonchev–Trinajstić information content (AvgIpc) is 2.78. The van der Waals surface area contributed by atoms with Crippen molar-refractivity contribution >= 4 is 16.0 Å². The molecular weight excluding hydrogens is 384 g/mol. The quantitative estimate of drug-likeness (QED) is 0.548. The highest BCUT2D eigenvalue weighted by atomic mass is 32.2. The van der Waals surface area contributed by atoms with Crippen LogP contribution in [-0.4, -0.2) is 57.2 Å². The lowest BCUT2D eigenvalue weighted by Crippen LogP contribution is -2.50. The molecule has 0 amide bonds. The van der Waals surface area contributed by atoms with Crippen molar-refractivity contribution in [3.05, 3.63) is 35.9 Å². The van der Waals surface area contributed by atoms with E-state index >= 15 is 0 Å². The number of guanidine groups is 1. The van der Waals surface area contributed by atoms with E-state index in [4.69, 9.17) is 0 Å². The predicted octanol–water partition coefficient (Wildman–Crippen LogP) is 2.94. The SMILES string of the molecule is CCS(=O)(=O)N1CCC(NC(=NC)NCC2CCC(c3ccccc3)CC2)CC1. The zero-order valence-corrected chi connectivity index (χ0v) is 18.6. The van der Waals surface area contributed by atoms with Crippen molar-refractivity contribution in [3.63, 3.8) is 0 Å². The first-order chi connectivity index (χ1) is 14.0. The van der Waals surface area contributed by atoms with Crippen LogP contribution >= 0.6 is 0 Å². The van der Waals surface area contributed by atoms with Crippen LogP contribution in [0.5, 0.6) is 0 Å². The van der Waals surface area contributed by atoms with Crippen molar-refractivity contribution < 1.29 is 8.42 Å². The summed E-state index contributed by atoms with van der Waals surface area (Å²) in [5.41, 5.74) is 1.48. The number of hydrogen-bond donors (Lipinski definition) is 2. The van der Waals surface area contributed by atoms with Gasteiger partial charge in [-0.25, -0.2) is 12.7 Å². The third-order valence-corrected chi connectivity index (χ3v) is 8.33. The largest absolute Gasteiger partial charge is 0.356 e. The maximum Gasteiger partial charge on any atom is 0.213 e. The van der Waals surface area contributed by atoms with E-state index in [-0.39, 0.29) is 11.8 Å². The number of nitrogens with one attached hydrogen (secondary N) is 2. The Balaban J connectivity index is 1.38. The molecule has 1 aromatic carbocycles. The molecule has 2 aliphatic rings. The molecule has 0 spiro atoms. The standard InChI is InChI=1S/C22H36N4O2S/c1-3-29(27,28)26-15-13-21(14-16-26)25-22(23-2)24-17-18-9-11-20(12-10-18)19-7-5-4-6-8-19/h4-8,18,20-21H,3,9-17H2,1-2H3,(H2,23,24,25). The second kappa shape index (κ2) is 10.4. The fourth-order valence-corrected chi connectivity index (χ4v) is 5.65. The van der Waals surface area contributed by atoms with E-state index in [1.165, 1.54) is 31.2 Å². The number of piperidine rings is 1. The van der Waals surface area contributed by atoms with Crippen LogP contribution in [0.1, 0.15) is 56.9 Å². The molecule has 1 aliphatic carbocycles. The molecule has 29 heavy (non-hydrogen) atoms. The van der Waals surface area contributed by atoms with Gasteiger partial charge in [0, 0.05) is 32.7 Å². The summed E-state index contributed by atoms with van der Waals surface area (Å²) in [5, 5.41) is 6.99. The summed E-state index contributed by atoms with van der Waals surface area (Å²) >= 11 is 0. The molecule has 7 heteroatoms. The summed E-state index contributed by atoms with van der Waals surface area (Å²) in [4.78, 5) is 4.38. The molecule has 1 aromatic rings. The van der Waals surface area contributed by atoms with Gasteiger partial charge in [0.15, 0.2) is 5.96 Å². The molecule has 3 rings (SSSR count). The number of rotatable bonds is 6. The van der Waals surface area contributed by atoms with Crippen molar-refractivity contribution in [2.45, 2.75) is 57.4 Å². The highest BCUT2D eigenvalue weighted by Crippen LogP contribution is 2.35. The highest BCUT2D eigenvalue weighted by molar-refractivity contribution is 7.89. The Bertz CT molecular complexity index is 750. The second-order valence-corrected chi connectivity index (χ2v) is 10.6. The van der Waals surface area contributed by atoms with Gasteiger partial charge in [-0.1, -0.05) is 30.3 Å². The minimum absolute atomic E-state index is 0.181. The van der Waals surface area contributed by atoms with E-state index in [1.807, 2.05) is 0 Å². The Labute approximate surface area is 176 Å². The zero-order valence-electron chi connectivity index (χ0n) is 17.8. The summed E-state index contributed by atoms with van der Waals surface area (Å²) in [7, 11) is -1.26. The molecule has 162 valence electrons. The van der Waals surface area contributed by atoms with E-state index < -0.39 is 10.0 Å². The van der Waals surface area contributed by atoms with Crippen molar-refractivity contribution in [1.82, 2.24) is 14.9 Å². The number of aliphatic imine (C=N–C) groups is 1. The predicted molar refractivity (Wildman–Crippen MR) is 120 cm³/mol. The molecule has 1 aliphatic heterocycles. The smallest absolute Gasteiger partial charge is 0.213 e. The molecule has 1 heterocycles. The normalized spacial score (nSPS) is 25.0. The van der Waals surface area contributed by atoms with E-state index in [0.29, 0.717) is 24.9 Å². The fourth-order valence-electron chi connectivity index (χ4n) is 4.51. The van der Waals surface area contributed by atoms with Gasteiger partial charge in [0.25, 0.3) is 0 Å². The van der Waals surface area contributed by atoms with E-state index in [9.17, 15) is 8.42 Å². The van der Waals surface area contributed by atoms with E-state index in [0.717, 1.165) is 25.3 Å². The molecule has 1 saturated carbocycles. The van der Waals surface area contributed by atoms with E-state index in [1.54, 1.807) is 18.3 Å². The molecule has 2 N–H and O–H groups in total. The van der Waals surface area contributed by atoms with Gasteiger partial charge < -0.3 is 10.6 Å². The average molecular weight is 421 g/mol. The van der Waals surface area contributed by atoms with Crippen LogP contribution in [0, 0.1) is 5.92 Å². The number of sulfonamides is 1. The van der Waals surface area contributed by atoms with Crippen LogP contribution in [0.2, 0.25) is 0 Å². The van der Waals surface area contributed by atoms with Crippen molar-refractivity contribution in [1.29, 1.82) is 0 Å². The van der Waals surface area contributed by atoms with Crippen LogP contribution in [0.3, 0.4) is 0 Å². The minimum Gasteiger partial charge on any atom is -0.356 e. The Hall–Kier alpha value is -1.60.